The summed E-state index contributed by atoms with van der Waals surface area (Å²) >= 11 is 1.43. The zero-order valence-electron chi connectivity index (χ0n) is 11.6. The van der Waals surface area contributed by atoms with Crippen molar-refractivity contribution in [3.8, 4) is 0 Å². The molecule has 1 fully saturated rings. The summed E-state index contributed by atoms with van der Waals surface area (Å²) in [4.78, 5) is 4.38. The number of aryl methyl sites for hydroxylation is 1. The standard InChI is InChI=1S/C15H19N3OS/c1-12-17-14(20-18-12)16-11-15(7-9-19-10-8-15)13-5-3-2-4-6-13/h2-6H,7-11H2,1H3,(H,16,17,18). The van der Waals surface area contributed by atoms with E-state index in [0.717, 1.165) is 43.6 Å². The van der Waals surface area contributed by atoms with E-state index in [-0.39, 0.29) is 5.41 Å². The van der Waals surface area contributed by atoms with Gasteiger partial charge in [-0.1, -0.05) is 30.3 Å². The van der Waals surface area contributed by atoms with Gasteiger partial charge in [-0.15, -0.1) is 0 Å². The Morgan fingerprint density at radius 1 is 1.25 bits per heavy atom. The molecule has 1 aliphatic rings. The Kier molecular flexibility index (Phi) is 3.98. The maximum Gasteiger partial charge on any atom is 0.202 e. The fourth-order valence-corrected chi connectivity index (χ4v) is 3.30. The second kappa shape index (κ2) is 5.89. The highest BCUT2D eigenvalue weighted by Crippen LogP contribution is 2.35. The van der Waals surface area contributed by atoms with Gasteiger partial charge in [0.1, 0.15) is 5.82 Å². The number of anilines is 1. The van der Waals surface area contributed by atoms with Gasteiger partial charge in [-0.3, -0.25) is 0 Å². The van der Waals surface area contributed by atoms with Crippen molar-refractivity contribution in [1.82, 2.24) is 9.36 Å². The van der Waals surface area contributed by atoms with E-state index in [0.29, 0.717) is 0 Å². The van der Waals surface area contributed by atoms with E-state index in [4.69, 9.17) is 4.74 Å². The number of aromatic nitrogens is 2. The van der Waals surface area contributed by atoms with Crippen LogP contribution in [0.25, 0.3) is 0 Å². The molecule has 0 aliphatic carbocycles. The van der Waals surface area contributed by atoms with Crippen LogP contribution in [0.1, 0.15) is 24.2 Å². The van der Waals surface area contributed by atoms with Gasteiger partial charge in [0.25, 0.3) is 0 Å². The number of hydrogen-bond acceptors (Lipinski definition) is 5. The number of ether oxygens (including phenoxy) is 1. The van der Waals surface area contributed by atoms with E-state index in [1.54, 1.807) is 0 Å². The van der Waals surface area contributed by atoms with Gasteiger partial charge in [0.05, 0.1) is 0 Å². The number of rotatable bonds is 4. The van der Waals surface area contributed by atoms with Crippen LogP contribution in [-0.4, -0.2) is 29.1 Å². The molecule has 0 saturated carbocycles. The highest BCUT2D eigenvalue weighted by Gasteiger charge is 2.34. The van der Waals surface area contributed by atoms with E-state index in [1.165, 1.54) is 17.1 Å². The van der Waals surface area contributed by atoms with E-state index in [9.17, 15) is 0 Å². The first kappa shape index (κ1) is 13.5. The first-order chi connectivity index (χ1) is 9.78. The summed E-state index contributed by atoms with van der Waals surface area (Å²) in [5.74, 6) is 0.832. The van der Waals surface area contributed by atoms with E-state index in [1.807, 2.05) is 6.92 Å². The molecule has 1 N–H and O–H groups in total. The molecule has 1 aromatic heterocycles. The lowest BCUT2D eigenvalue weighted by Gasteiger charge is -2.37. The van der Waals surface area contributed by atoms with Crippen molar-refractivity contribution in [1.29, 1.82) is 0 Å². The molecular formula is C15H19N3OS. The molecule has 0 bridgehead atoms. The third-order valence-electron chi connectivity index (χ3n) is 3.94. The van der Waals surface area contributed by atoms with Gasteiger partial charge >= 0.3 is 0 Å². The number of nitrogens with zero attached hydrogens (tertiary/aromatic N) is 2. The van der Waals surface area contributed by atoms with Crippen LogP contribution in [0, 0.1) is 6.92 Å². The third kappa shape index (κ3) is 2.83. The van der Waals surface area contributed by atoms with Gasteiger partial charge in [0.15, 0.2) is 0 Å². The average molecular weight is 289 g/mol. The molecule has 1 aromatic carbocycles. The maximum atomic E-state index is 5.55. The Balaban J connectivity index is 1.79. The largest absolute Gasteiger partial charge is 0.381 e. The number of benzene rings is 1. The summed E-state index contributed by atoms with van der Waals surface area (Å²) in [6.45, 7) is 4.45. The summed E-state index contributed by atoms with van der Waals surface area (Å²) in [6, 6.07) is 10.7. The van der Waals surface area contributed by atoms with Crippen LogP contribution in [0.15, 0.2) is 30.3 Å². The molecule has 2 aromatic rings. The van der Waals surface area contributed by atoms with Gasteiger partial charge in [-0.2, -0.15) is 4.37 Å². The Morgan fingerprint density at radius 3 is 2.65 bits per heavy atom. The SMILES string of the molecule is Cc1nsc(NCC2(c3ccccc3)CCOCC2)n1. The average Bonchev–Trinajstić information content (AvgIpc) is 2.93. The molecule has 2 heterocycles. The van der Waals surface area contributed by atoms with Crippen LogP contribution in [0.2, 0.25) is 0 Å². The molecule has 4 nitrogen and oxygen atoms in total. The lowest BCUT2D eigenvalue weighted by molar-refractivity contribution is 0.0544. The Hall–Kier alpha value is -1.46. The lowest BCUT2D eigenvalue weighted by Crippen LogP contribution is -2.40. The minimum atomic E-state index is 0.138. The second-order valence-corrected chi connectivity index (χ2v) is 6.01. The van der Waals surface area contributed by atoms with Crippen LogP contribution in [0.4, 0.5) is 5.13 Å². The maximum absolute atomic E-state index is 5.55. The normalized spacial score (nSPS) is 17.9. The number of nitrogens with one attached hydrogen (secondary N) is 1. The minimum Gasteiger partial charge on any atom is -0.381 e. The Bertz CT molecular complexity index is 549. The van der Waals surface area contributed by atoms with Crippen LogP contribution in [-0.2, 0) is 10.2 Å². The highest BCUT2D eigenvalue weighted by molar-refractivity contribution is 7.09. The molecule has 5 heteroatoms. The van der Waals surface area contributed by atoms with Gasteiger partial charge in [0.2, 0.25) is 5.13 Å². The van der Waals surface area contributed by atoms with Crippen molar-refractivity contribution in [2.45, 2.75) is 25.2 Å². The summed E-state index contributed by atoms with van der Waals surface area (Å²) in [6.07, 6.45) is 2.09. The third-order valence-corrected chi connectivity index (χ3v) is 4.71. The van der Waals surface area contributed by atoms with Gasteiger partial charge in [0, 0.05) is 36.7 Å². The predicted molar refractivity (Wildman–Crippen MR) is 81.3 cm³/mol. The molecule has 0 unspecified atom stereocenters. The highest BCUT2D eigenvalue weighted by atomic mass is 32.1. The lowest BCUT2D eigenvalue weighted by atomic mass is 9.74. The van der Waals surface area contributed by atoms with Crippen LogP contribution < -0.4 is 5.32 Å². The fourth-order valence-electron chi connectivity index (χ4n) is 2.74. The van der Waals surface area contributed by atoms with Crippen molar-refractivity contribution in [3.63, 3.8) is 0 Å². The molecule has 0 spiro atoms. The Morgan fingerprint density at radius 2 is 2.00 bits per heavy atom. The van der Waals surface area contributed by atoms with E-state index in [2.05, 4.69) is 45.0 Å². The summed E-state index contributed by atoms with van der Waals surface area (Å²) in [5.41, 5.74) is 1.52. The van der Waals surface area contributed by atoms with Crippen LogP contribution >= 0.6 is 11.5 Å². The molecular weight excluding hydrogens is 270 g/mol. The predicted octanol–water partition coefficient (Wildman–Crippen LogP) is 3.01. The Labute approximate surface area is 123 Å². The van der Waals surface area contributed by atoms with Crippen molar-refractivity contribution in [2.24, 2.45) is 0 Å². The minimum absolute atomic E-state index is 0.138. The molecule has 0 radical (unpaired) electrons. The quantitative estimate of drug-likeness (QED) is 0.940. The van der Waals surface area contributed by atoms with Crippen LogP contribution in [0.3, 0.4) is 0 Å². The molecule has 0 atom stereocenters. The molecule has 20 heavy (non-hydrogen) atoms. The number of hydrogen-bond donors (Lipinski definition) is 1. The van der Waals surface area contributed by atoms with Crippen molar-refractivity contribution >= 4 is 16.7 Å². The van der Waals surface area contributed by atoms with Crippen molar-refractivity contribution in [2.75, 3.05) is 25.1 Å². The zero-order valence-corrected chi connectivity index (χ0v) is 12.4. The first-order valence-corrected chi connectivity index (χ1v) is 7.73. The smallest absolute Gasteiger partial charge is 0.202 e. The molecule has 1 saturated heterocycles. The van der Waals surface area contributed by atoms with E-state index < -0.39 is 0 Å². The topological polar surface area (TPSA) is 47.0 Å². The first-order valence-electron chi connectivity index (χ1n) is 6.96. The summed E-state index contributed by atoms with van der Waals surface area (Å²) < 4.78 is 9.77. The second-order valence-electron chi connectivity index (χ2n) is 5.26. The molecule has 1 aliphatic heterocycles. The van der Waals surface area contributed by atoms with Crippen molar-refractivity contribution < 1.29 is 4.74 Å². The fraction of sp³-hybridized carbons (Fsp3) is 0.467. The van der Waals surface area contributed by atoms with E-state index >= 15 is 0 Å². The van der Waals surface area contributed by atoms with Crippen LogP contribution in [0.5, 0.6) is 0 Å². The molecule has 106 valence electrons. The molecule has 3 rings (SSSR count). The molecule has 0 amide bonds. The summed E-state index contributed by atoms with van der Waals surface area (Å²) in [5, 5.41) is 4.37. The monoisotopic (exact) mass is 289 g/mol. The van der Waals surface area contributed by atoms with Crippen molar-refractivity contribution in [3.05, 3.63) is 41.7 Å². The van der Waals surface area contributed by atoms with Gasteiger partial charge in [-0.25, -0.2) is 4.98 Å². The summed E-state index contributed by atoms with van der Waals surface area (Å²) in [7, 11) is 0. The van der Waals surface area contributed by atoms with Gasteiger partial charge in [-0.05, 0) is 25.3 Å². The van der Waals surface area contributed by atoms with Gasteiger partial charge < -0.3 is 10.1 Å². The zero-order chi connectivity index (χ0) is 13.8.